The van der Waals surface area contributed by atoms with Gasteiger partial charge in [-0.2, -0.15) is 0 Å². The zero-order valence-electron chi connectivity index (χ0n) is 13.7. The van der Waals surface area contributed by atoms with Gasteiger partial charge in [0.05, 0.1) is 25.8 Å². The molecular formula is C16H18N2O6. The lowest BCUT2D eigenvalue weighted by atomic mass is 10.3. The molecule has 0 saturated carbocycles. The Morgan fingerprint density at radius 2 is 1.88 bits per heavy atom. The van der Waals surface area contributed by atoms with Gasteiger partial charge < -0.3 is 9.47 Å². The van der Waals surface area contributed by atoms with Gasteiger partial charge >= 0.3 is 17.6 Å². The number of hydrogen-bond acceptors (Lipinski definition) is 6. The van der Waals surface area contributed by atoms with Gasteiger partial charge in [-0.3, -0.25) is 9.36 Å². The summed E-state index contributed by atoms with van der Waals surface area (Å²) < 4.78 is 11.2. The summed E-state index contributed by atoms with van der Waals surface area (Å²) >= 11 is 0. The first kappa shape index (κ1) is 19.0. The molecule has 0 unspecified atom stereocenters. The number of nitrogens with zero attached hydrogens (tertiary/aromatic N) is 2. The second-order valence-electron chi connectivity index (χ2n) is 4.56. The van der Waals surface area contributed by atoms with Crippen LogP contribution < -0.4 is 11.2 Å². The Labute approximate surface area is 138 Å². The predicted molar refractivity (Wildman–Crippen MR) is 86.1 cm³/mol. The SMILES string of the molecule is C#CCn1c(=O)c(C)cn(C(=CC(=O)OCC)C(=O)OCC)c1=O. The lowest BCUT2D eigenvalue weighted by molar-refractivity contribution is -0.139. The number of ether oxygens (including phenoxy) is 2. The van der Waals surface area contributed by atoms with Crippen LogP contribution in [0, 0.1) is 19.3 Å². The summed E-state index contributed by atoms with van der Waals surface area (Å²) in [6.45, 7) is 4.49. The standard InChI is InChI=1S/C16H18N2O6/c1-5-8-17-14(20)11(4)10-18(16(17)22)12(15(21)24-7-3)9-13(19)23-6-2/h1,9-10H,6-8H2,2-4H3. The summed E-state index contributed by atoms with van der Waals surface area (Å²) in [6.07, 6.45) is 7.16. The van der Waals surface area contributed by atoms with Gasteiger partial charge in [-0.25, -0.2) is 19.0 Å². The number of hydrogen-bond donors (Lipinski definition) is 0. The summed E-state index contributed by atoms with van der Waals surface area (Å²) in [5.74, 6) is 0.473. The zero-order chi connectivity index (χ0) is 18.3. The number of aryl methyl sites for hydroxylation is 1. The first-order chi connectivity index (χ1) is 11.4. The van der Waals surface area contributed by atoms with Gasteiger partial charge in [-0.15, -0.1) is 6.42 Å². The van der Waals surface area contributed by atoms with Gasteiger partial charge in [0.25, 0.3) is 5.56 Å². The fourth-order valence-corrected chi connectivity index (χ4v) is 1.86. The molecule has 1 rings (SSSR count). The average Bonchev–Trinajstić information content (AvgIpc) is 2.53. The minimum atomic E-state index is -0.905. The topological polar surface area (TPSA) is 96.6 Å². The maximum absolute atomic E-state index is 12.5. The van der Waals surface area contributed by atoms with Crippen LogP contribution in [0.1, 0.15) is 19.4 Å². The van der Waals surface area contributed by atoms with Crippen molar-refractivity contribution in [3.8, 4) is 12.3 Å². The Hall–Kier alpha value is -3.08. The van der Waals surface area contributed by atoms with Crippen molar-refractivity contribution in [2.45, 2.75) is 27.3 Å². The molecular weight excluding hydrogens is 316 g/mol. The van der Waals surface area contributed by atoms with Crippen LogP contribution in [0.2, 0.25) is 0 Å². The number of rotatable bonds is 6. The average molecular weight is 334 g/mol. The molecule has 1 heterocycles. The van der Waals surface area contributed by atoms with E-state index >= 15 is 0 Å². The second kappa shape index (κ2) is 8.53. The Kier molecular flexibility index (Phi) is 6.74. The molecule has 0 aliphatic rings. The molecule has 0 aromatic carbocycles. The van der Waals surface area contributed by atoms with Gasteiger partial charge in [-0.05, 0) is 20.8 Å². The molecule has 24 heavy (non-hydrogen) atoms. The van der Waals surface area contributed by atoms with E-state index in [4.69, 9.17) is 15.9 Å². The van der Waals surface area contributed by atoms with Gasteiger partial charge in [0.15, 0.2) is 0 Å². The van der Waals surface area contributed by atoms with Crippen LogP contribution in [0.4, 0.5) is 0 Å². The van der Waals surface area contributed by atoms with Crippen molar-refractivity contribution >= 4 is 17.6 Å². The van der Waals surface area contributed by atoms with Crippen LogP contribution in [-0.4, -0.2) is 34.3 Å². The van der Waals surface area contributed by atoms with Crippen LogP contribution >= 0.6 is 0 Å². The Morgan fingerprint density at radius 3 is 2.42 bits per heavy atom. The van der Waals surface area contributed by atoms with Crippen LogP contribution in [0.15, 0.2) is 21.9 Å². The van der Waals surface area contributed by atoms with E-state index < -0.39 is 23.2 Å². The monoisotopic (exact) mass is 334 g/mol. The first-order valence-corrected chi connectivity index (χ1v) is 7.19. The molecule has 0 N–H and O–H groups in total. The third-order valence-electron chi connectivity index (χ3n) is 2.88. The lowest BCUT2D eigenvalue weighted by Gasteiger charge is -2.12. The Balaban J connectivity index is 3.63. The van der Waals surface area contributed by atoms with Crippen LogP contribution in [0.3, 0.4) is 0 Å². The molecule has 0 radical (unpaired) electrons. The van der Waals surface area contributed by atoms with Crippen molar-refractivity contribution in [3.63, 3.8) is 0 Å². The Bertz CT molecular complexity index is 822. The Morgan fingerprint density at radius 1 is 1.25 bits per heavy atom. The van der Waals surface area contributed by atoms with Gasteiger partial charge in [-0.1, -0.05) is 5.92 Å². The van der Waals surface area contributed by atoms with E-state index in [1.54, 1.807) is 13.8 Å². The summed E-state index contributed by atoms with van der Waals surface area (Å²) in [4.78, 5) is 48.3. The largest absolute Gasteiger partial charge is 0.463 e. The summed E-state index contributed by atoms with van der Waals surface area (Å²) in [5.41, 5.74) is -1.63. The molecule has 8 nitrogen and oxygen atoms in total. The smallest absolute Gasteiger partial charge is 0.355 e. The maximum Gasteiger partial charge on any atom is 0.355 e. The number of aromatic nitrogens is 2. The maximum atomic E-state index is 12.5. The highest BCUT2D eigenvalue weighted by Gasteiger charge is 2.20. The number of terminal acetylenes is 1. The number of carbonyl (C=O) groups excluding carboxylic acids is 2. The molecule has 0 atom stereocenters. The highest BCUT2D eigenvalue weighted by molar-refractivity contribution is 6.14. The van der Waals surface area contributed by atoms with E-state index in [-0.39, 0.29) is 31.0 Å². The van der Waals surface area contributed by atoms with Crippen LogP contribution in [0.5, 0.6) is 0 Å². The fraction of sp³-hybridized carbons (Fsp3) is 0.375. The van der Waals surface area contributed by atoms with E-state index in [2.05, 4.69) is 5.92 Å². The predicted octanol–water partition coefficient (Wildman–Crippen LogP) is -0.0813. The summed E-state index contributed by atoms with van der Waals surface area (Å²) in [5, 5.41) is 0. The minimum absolute atomic E-state index is 0.0384. The highest BCUT2D eigenvalue weighted by Crippen LogP contribution is 2.06. The van der Waals surface area contributed by atoms with Crippen molar-refractivity contribution in [2.75, 3.05) is 13.2 Å². The van der Waals surface area contributed by atoms with Crippen LogP contribution in [-0.2, 0) is 25.6 Å². The lowest BCUT2D eigenvalue weighted by Crippen LogP contribution is -2.41. The second-order valence-corrected chi connectivity index (χ2v) is 4.56. The van der Waals surface area contributed by atoms with Gasteiger partial charge in [0, 0.05) is 11.8 Å². The molecule has 1 aromatic heterocycles. The first-order valence-electron chi connectivity index (χ1n) is 7.19. The summed E-state index contributed by atoms with van der Waals surface area (Å²) in [7, 11) is 0. The van der Waals surface area contributed by atoms with Crippen molar-refractivity contribution in [1.29, 1.82) is 0 Å². The minimum Gasteiger partial charge on any atom is -0.463 e. The third kappa shape index (κ3) is 4.23. The summed E-state index contributed by atoms with van der Waals surface area (Å²) in [6, 6.07) is 0. The van der Waals surface area contributed by atoms with Crippen molar-refractivity contribution < 1.29 is 19.1 Å². The fourth-order valence-electron chi connectivity index (χ4n) is 1.86. The zero-order valence-corrected chi connectivity index (χ0v) is 13.7. The van der Waals surface area contributed by atoms with E-state index in [0.717, 1.165) is 21.4 Å². The van der Waals surface area contributed by atoms with E-state index in [0.29, 0.717) is 0 Å². The molecule has 0 amide bonds. The van der Waals surface area contributed by atoms with Gasteiger partial charge in [0.1, 0.15) is 5.70 Å². The normalized spacial score (nSPS) is 10.8. The van der Waals surface area contributed by atoms with Crippen molar-refractivity contribution in [1.82, 2.24) is 9.13 Å². The van der Waals surface area contributed by atoms with Gasteiger partial charge in [0.2, 0.25) is 0 Å². The molecule has 8 heteroatoms. The molecule has 0 aliphatic heterocycles. The quantitative estimate of drug-likeness (QED) is 0.410. The highest BCUT2D eigenvalue weighted by atomic mass is 16.5. The third-order valence-corrected chi connectivity index (χ3v) is 2.88. The number of esters is 2. The van der Waals surface area contributed by atoms with Crippen molar-refractivity contribution in [3.05, 3.63) is 38.7 Å². The number of carbonyl (C=O) groups is 2. The molecule has 0 fully saturated rings. The molecule has 1 aromatic rings. The molecule has 0 bridgehead atoms. The van der Waals surface area contributed by atoms with Crippen LogP contribution in [0.25, 0.3) is 5.70 Å². The molecule has 0 saturated heterocycles. The van der Waals surface area contributed by atoms with E-state index in [1.165, 1.54) is 6.92 Å². The molecule has 0 aliphatic carbocycles. The van der Waals surface area contributed by atoms with E-state index in [9.17, 15) is 19.2 Å². The molecule has 128 valence electrons. The van der Waals surface area contributed by atoms with Crippen molar-refractivity contribution in [2.24, 2.45) is 0 Å². The molecule has 0 spiro atoms. The van der Waals surface area contributed by atoms with E-state index in [1.807, 2.05) is 0 Å².